The number of aromatic nitrogens is 1. The summed E-state index contributed by atoms with van der Waals surface area (Å²) in [4.78, 5) is 27.0. The highest BCUT2D eigenvalue weighted by Gasteiger charge is 2.22. The normalized spacial score (nSPS) is 12.0. The van der Waals surface area contributed by atoms with Crippen molar-refractivity contribution in [2.75, 3.05) is 0 Å². The van der Waals surface area contributed by atoms with E-state index in [1.54, 1.807) is 30.5 Å². The van der Waals surface area contributed by atoms with Crippen LogP contribution in [0.4, 0.5) is 0 Å². The molecule has 24 heavy (non-hydrogen) atoms. The van der Waals surface area contributed by atoms with Gasteiger partial charge in [-0.25, -0.2) is 4.79 Å². The molecule has 1 heterocycles. The maximum Gasteiger partial charge on any atom is 0.326 e. The molecular weight excluding hydrogens is 372 g/mol. The molecular formula is C18H15BrN2O3. The molecule has 1 amide bonds. The van der Waals surface area contributed by atoms with Gasteiger partial charge in [-0.05, 0) is 29.8 Å². The van der Waals surface area contributed by atoms with Crippen molar-refractivity contribution in [1.29, 1.82) is 0 Å². The molecule has 3 N–H and O–H groups in total. The van der Waals surface area contributed by atoms with Crippen LogP contribution in [-0.2, 0) is 11.2 Å². The number of carboxylic acid groups (broad SMARTS) is 1. The van der Waals surface area contributed by atoms with Gasteiger partial charge >= 0.3 is 5.97 Å². The number of para-hydroxylation sites is 1. The van der Waals surface area contributed by atoms with E-state index in [1.807, 2.05) is 24.3 Å². The van der Waals surface area contributed by atoms with E-state index < -0.39 is 17.9 Å². The highest BCUT2D eigenvalue weighted by molar-refractivity contribution is 9.10. The van der Waals surface area contributed by atoms with E-state index in [9.17, 15) is 14.7 Å². The second-order valence-electron chi connectivity index (χ2n) is 5.44. The van der Waals surface area contributed by atoms with Gasteiger partial charge < -0.3 is 15.4 Å². The van der Waals surface area contributed by atoms with Crippen molar-refractivity contribution in [3.63, 3.8) is 0 Å². The number of halogens is 1. The number of aromatic amines is 1. The van der Waals surface area contributed by atoms with Crippen LogP contribution in [-0.4, -0.2) is 28.0 Å². The van der Waals surface area contributed by atoms with Crippen molar-refractivity contribution < 1.29 is 14.7 Å². The number of hydrogen-bond acceptors (Lipinski definition) is 2. The molecule has 122 valence electrons. The van der Waals surface area contributed by atoms with Gasteiger partial charge in [0, 0.05) is 33.6 Å². The smallest absolute Gasteiger partial charge is 0.326 e. The van der Waals surface area contributed by atoms with Crippen LogP contribution in [0.3, 0.4) is 0 Å². The number of carbonyl (C=O) groups is 2. The van der Waals surface area contributed by atoms with Crippen LogP contribution in [0.25, 0.3) is 10.9 Å². The first-order valence-electron chi connectivity index (χ1n) is 7.39. The van der Waals surface area contributed by atoms with Crippen molar-refractivity contribution in [1.82, 2.24) is 10.3 Å². The first-order valence-corrected chi connectivity index (χ1v) is 8.18. The summed E-state index contributed by atoms with van der Waals surface area (Å²) in [6, 6.07) is 13.5. The summed E-state index contributed by atoms with van der Waals surface area (Å²) in [5.41, 5.74) is 2.21. The van der Waals surface area contributed by atoms with Crippen LogP contribution in [0.1, 0.15) is 15.9 Å². The van der Waals surface area contributed by atoms with Crippen molar-refractivity contribution in [2.45, 2.75) is 12.5 Å². The minimum atomic E-state index is -1.07. The van der Waals surface area contributed by atoms with Crippen LogP contribution < -0.4 is 5.32 Å². The van der Waals surface area contributed by atoms with Gasteiger partial charge in [-0.2, -0.15) is 0 Å². The lowest BCUT2D eigenvalue weighted by molar-refractivity contribution is -0.139. The third-order valence-corrected chi connectivity index (χ3v) is 4.28. The fraction of sp³-hybridized carbons (Fsp3) is 0.111. The van der Waals surface area contributed by atoms with Gasteiger partial charge in [-0.15, -0.1) is 0 Å². The largest absolute Gasteiger partial charge is 0.480 e. The van der Waals surface area contributed by atoms with Crippen LogP contribution in [0.15, 0.2) is 59.2 Å². The Hall–Kier alpha value is -2.60. The number of hydrogen-bond donors (Lipinski definition) is 3. The number of fused-ring (bicyclic) bond motifs is 1. The Bertz CT molecular complexity index is 904. The average Bonchev–Trinajstić information content (AvgIpc) is 2.97. The van der Waals surface area contributed by atoms with Gasteiger partial charge in [-0.1, -0.05) is 40.2 Å². The van der Waals surface area contributed by atoms with Gasteiger partial charge in [0.2, 0.25) is 0 Å². The molecule has 5 nitrogen and oxygen atoms in total. The monoisotopic (exact) mass is 386 g/mol. The molecule has 2 aromatic carbocycles. The van der Waals surface area contributed by atoms with Gasteiger partial charge in [0.15, 0.2) is 0 Å². The van der Waals surface area contributed by atoms with E-state index in [-0.39, 0.29) is 6.42 Å². The molecule has 0 aliphatic carbocycles. The first-order chi connectivity index (χ1) is 11.5. The van der Waals surface area contributed by atoms with E-state index in [0.717, 1.165) is 20.9 Å². The molecule has 0 aliphatic heterocycles. The zero-order valence-electron chi connectivity index (χ0n) is 12.6. The maximum absolute atomic E-state index is 12.3. The molecule has 0 aliphatic rings. The van der Waals surface area contributed by atoms with E-state index in [2.05, 4.69) is 26.2 Å². The molecule has 0 fully saturated rings. The van der Waals surface area contributed by atoms with Crippen LogP contribution in [0, 0.1) is 0 Å². The fourth-order valence-corrected chi connectivity index (χ4v) is 2.99. The minimum absolute atomic E-state index is 0.207. The third-order valence-electron chi connectivity index (χ3n) is 3.79. The molecule has 0 saturated carbocycles. The molecule has 0 saturated heterocycles. The Balaban J connectivity index is 1.80. The Morgan fingerprint density at radius 2 is 1.96 bits per heavy atom. The standard InChI is InChI=1S/C18H15BrN2O3/c19-13-5-3-4-11(8-13)17(22)21-16(18(23)24)9-12-10-20-15-7-2-1-6-14(12)15/h1-8,10,16,20H,9H2,(H,21,22)(H,23,24)/t16-/m0/s1. The summed E-state index contributed by atoms with van der Waals surface area (Å²) >= 11 is 3.30. The number of carboxylic acids is 1. The van der Waals surface area contributed by atoms with E-state index in [1.165, 1.54) is 0 Å². The lowest BCUT2D eigenvalue weighted by Crippen LogP contribution is -2.42. The van der Waals surface area contributed by atoms with E-state index >= 15 is 0 Å². The summed E-state index contributed by atoms with van der Waals surface area (Å²) in [5, 5.41) is 13.0. The fourth-order valence-electron chi connectivity index (χ4n) is 2.59. The molecule has 6 heteroatoms. The molecule has 1 atom stereocenters. The number of rotatable bonds is 5. The Morgan fingerprint density at radius 1 is 1.17 bits per heavy atom. The van der Waals surface area contributed by atoms with Crippen molar-refractivity contribution >= 4 is 38.7 Å². The predicted octanol–water partition coefficient (Wildman–Crippen LogP) is 3.36. The lowest BCUT2D eigenvalue weighted by atomic mass is 10.0. The van der Waals surface area contributed by atoms with Gasteiger partial charge in [0.25, 0.3) is 5.91 Å². The number of benzene rings is 2. The molecule has 0 radical (unpaired) electrons. The predicted molar refractivity (Wildman–Crippen MR) is 95.0 cm³/mol. The summed E-state index contributed by atoms with van der Waals surface area (Å²) in [6.07, 6.45) is 1.99. The topological polar surface area (TPSA) is 82.2 Å². The minimum Gasteiger partial charge on any atom is -0.480 e. The molecule has 0 unspecified atom stereocenters. The third kappa shape index (κ3) is 3.49. The first kappa shape index (κ1) is 16.3. The Morgan fingerprint density at radius 3 is 2.71 bits per heavy atom. The number of amides is 1. The summed E-state index contributed by atoms with van der Waals surface area (Å²) in [7, 11) is 0. The summed E-state index contributed by atoms with van der Waals surface area (Å²) < 4.78 is 0.763. The maximum atomic E-state index is 12.3. The van der Waals surface area contributed by atoms with Gasteiger partial charge in [0.05, 0.1) is 0 Å². The zero-order chi connectivity index (χ0) is 17.1. The number of carbonyl (C=O) groups excluding carboxylic acids is 1. The van der Waals surface area contributed by atoms with Crippen LogP contribution in [0.2, 0.25) is 0 Å². The highest BCUT2D eigenvalue weighted by Crippen LogP contribution is 2.19. The quantitative estimate of drug-likeness (QED) is 0.628. The van der Waals surface area contributed by atoms with Crippen molar-refractivity contribution in [3.05, 3.63) is 70.3 Å². The van der Waals surface area contributed by atoms with Crippen LogP contribution >= 0.6 is 15.9 Å². The summed E-state index contributed by atoms with van der Waals surface area (Å²) in [6.45, 7) is 0. The molecule has 3 aromatic rings. The van der Waals surface area contributed by atoms with E-state index in [0.29, 0.717) is 5.56 Å². The Kier molecular flexibility index (Phi) is 4.66. The van der Waals surface area contributed by atoms with Gasteiger partial charge in [-0.3, -0.25) is 4.79 Å². The van der Waals surface area contributed by atoms with Crippen molar-refractivity contribution in [2.24, 2.45) is 0 Å². The number of H-pyrrole nitrogens is 1. The highest BCUT2D eigenvalue weighted by atomic mass is 79.9. The second-order valence-corrected chi connectivity index (χ2v) is 6.35. The average molecular weight is 387 g/mol. The zero-order valence-corrected chi connectivity index (χ0v) is 14.2. The number of nitrogens with one attached hydrogen (secondary N) is 2. The van der Waals surface area contributed by atoms with E-state index in [4.69, 9.17) is 0 Å². The SMILES string of the molecule is O=C(N[C@@H](Cc1c[nH]c2ccccc12)C(=O)O)c1cccc(Br)c1. The van der Waals surface area contributed by atoms with Gasteiger partial charge in [0.1, 0.15) is 6.04 Å². The van der Waals surface area contributed by atoms with Crippen LogP contribution in [0.5, 0.6) is 0 Å². The lowest BCUT2D eigenvalue weighted by Gasteiger charge is -2.14. The Labute approximate surface area is 146 Å². The summed E-state index contributed by atoms with van der Waals surface area (Å²) in [5.74, 6) is -1.48. The number of aliphatic carboxylic acids is 1. The molecule has 0 spiro atoms. The molecule has 0 bridgehead atoms. The molecule has 3 rings (SSSR count). The van der Waals surface area contributed by atoms with Crippen molar-refractivity contribution in [3.8, 4) is 0 Å². The molecule has 1 aromatic heterocycles. The second kappa shape index (κ2) is 6.88.